The molecule has 0 saturated carbocycles. The van der Waals surface area contributed by atoms with Crippen LogP contribution in [0.4, 0.5) is 0 Å². The van der Waals surface area contributed by atoms with Crippen molar-refractivity contribution in [2.45, 2.75) is 31.3 Å². The average Bonchev–Trinajstić information content (AvgIpc) is 2.82. The summed E-state index contributed by atoms with van der Waals surface area (Å²) in [6.07, 6.45) is 2.11. The molecule has 0 amide bonds. The molecule has 1 aliphatic rings. The lowest BCUT2D eigenvalue weighted by atomic mass is 9.98. The van der Waals surface area contributed by atoms with E-state index in [-0.39, 0.29) is 5.60 Å². The summed E-state index contributed by atoms with van der Waals surface area (Å²) < 4.78 is 5.68. The summed E-state index contributed by atoms with van der Waals surface area (Å²) in [5, 5.41) is 12.6. The van der Waals surface area contributed by atoms with Crippen molar-refractivity contribution in [2.75, 3.05) is 19.7 Å². The predicted molar refractivity (Wildman–Crippen MR) is 73.3 cm³/mol. The van der Waals surface area contributed by atoms with E-state index in [0.717, 1.165) is 25.0 Å². The molecule has 104 valence electrons. The smallest absolute Gasteiger partial charge is 0.312 e. The van der Waals surface area contributed by atoms with E-state index in [1.165, 1.54) is 0 Å². The number of carbonyl (C=O) groups is 1. The Morgan fingerprint density at radius 3 is 2.79 bits per heavy atom. The van der Waals surface area contributed by atoms with Crippen molar-refractivity contribution in [1.29, 1.82) is 0 Å². The Morgan fingerprint density at radius 2 is 2.21 bits per heavy atom. The zero-order chi connectivity index (χ0) is 13.7. The first-order valence-corrected chi connectivity index (χ1v) is 6.73. The van der Waals surface area contributed by atoms with Gasteiger partial charge in [0.25, 0.3) is 0 Å². The van der Waals surface area contributed by atoms with Crippen molar-refractivity contribution < 1.29 is 14.6 Å². The third kappa shape index (κ3) is 3.78. The van der Waals surface area contributed by atoms with Crippen LogP contribution in [0.15, 0.2) is 30.3 Å². The van der Waals surface area contributed by atoms with E-state index in [1.807, 2.05) is 30.3 Å². The molecule has 4 nitrogen and oxygen atoms in total. The van der Waals surface area contributed by atoms with Crippen LogP contribution in [-0.2, 0) is 9.53 Å². The number of rotatable bonds is 6. The topological polar surface area (TPSA) is 58.6 Å². The highest BCUT2D eigenvalue weighted by molar-refractivity contribution is 5.76. The minimum absolute atomic E-state index is 0.139. The normalized spacial score (nSPS) is 24.3. The highest BCUT2D eigenvalue weighted by Gasteiger charge is 2.30. The van der Waals surface area contributed by atoms with Crippen molar-refractivity contribution in [3.63, 3.8) is 0 Å². The standard InChI is InChI=1S/C15H21NO3/c1-15(8-5-9-19-15)11-16-10-13(14(17)18)12-6-3-2-4-7-12/h2-4,6-7,13,16H,5,8-11H2,1H3,(H,17,18). The molecule has 19 heavy (non-hydrogen) atoms. The molecule has 4 heteroatoms. The van der Waals surface area contributed by atoms with Gasteiger partial charge in [0.15, 0.2) is 0 Å². The molecule has 2 N–H and O–H groups in total. The fraction of sp³-hybridized carbons (Fsp3) is 0.533. The van der Waals surface area contributed by atoms with Crippen LogP contribution in [0.5, 0.6) is 0 Å². The number of carboxylic acid groups (broad SMARTS) is 1. The molecule has 0 aliphatic carbocycles. The van der Waals surface area contributed by atoms with Crippen molar-refractivity contribution in [3.8, 4) is 0 Å². The average molecular weight is 263 g/mol. The summed E-state index contributed by atoms with van der Waals surface area (Å²) in [5.41, 5.74) is 0.694. The van der Waals surface area contributed by atoms with E-state index in [4.69, 9.17) is 4.74 Å². The van der Waals surface area contributed by atoms with E-state index in [9.17, 15) is 9.90 Å². The molecule has 0 radical (unpaired) electrons. The first kappa shape index (κ1) is 14.0. The summed E-state index contributed by atoms with van der Waals surface area (Å²) in [5.74, 6) is -1.30. The Bertz CT molecular complexity index is 413. The molecule has 2 atom stereocenters. The van der Waals surface area contributed by atoms with Crippen molar-refractivity contribution in [2.24, 2.45) is 0 Å². The number of ether oxygens (including phenoxy) is 1. The van der Waals surface area contributed by atoms with Crippen LogP contribution in [0, 0.1) is 0 Å². The molecular weight excluding hydrogens is 242 g/mol. The Morgan fingerprint density at radius 1 is 1.47 bits per heavy atom. The Labute approximate surface area is 113 Å². The van der Waals surface area contributed by atoms with Gasteiger partial charge in [-0.3, -0.25) is 4.79 Å². The molecule has 1 aromatic rings. The van der Waals surface area contributed by atoms with Gasteiger partial charge in [0.1, 0.15) is 0 Å². The number of hydrogen-bond donors (Lipinski definition) is 2. The van der Waals surface area contributed by atoms with E-state index in [0.29, 0.717) is 13.1 Å². The van der Waals surface area contributed by atoms with Gasteiger partial charge in [-0.05, 0) is 25.3 Å². The Kier molecular flexibility index (Phi) is 4.56. The minimum atomic E-state index is -0.795. The number of benzene rings is 1. The van der Waals surface area contributed by atoms with Gasteiger partial charge in [0, 0.05) is 19.7 Å². The summed E-state index contributed by atoms with van der Waals surface area (Å²) >= 11 is 0. The maximum Gasteiger partial charge on any atom is 0.312 e. The zero-order valence-corrected chi connectivity index (χ0v) is 11.3. The van der Waals surface area contributed by atoms with Crippen molar-refractivity contribution in [3.05, 3.63) is 35.9 Å². The lowest BCUT2D eigenvalue weighted by Gasteiger charge is -2.24. The lowest BCUT2D eigenvalue weighted by Crippen LogP contribution is -2.39. The van der Waals surface area contributed by atoms with Crippen LogP contribution in [-0.4, -0.2) is 36.4 Å². The van der Waals surface area contributed by atoms with Gasteiger partial charge in [-0.25, -0.2) is 0 Å². The monoisotopic (exact) mass is 263 g/mol. The van der Waals surface area contributed by atoms with E-state index in [2.05, 4.69) is 12.2 Å². The highest BCUT2D eigenvalue weighted by atomic mass is 16.5. The molecule has 2 unspecified atom stereocenters. The largest absolute Gasteiger partial charge is 0.481 e. The SMILES string of the molecule is CC1(CNCC(C(=O)O)c2ccccc2)CCCO1. The summed E-state index contributed by atoms with van der Waals surface area (Å²) in [7, 11) is 0. The van der Waals surface area contributed by atoms with E-state index in [1.54, 1.807) is 0 Å². The summed E-state index contributed by atoms with van der Waals surface area (Å²) in [6, 6.07) is 9.34. The number of hydrogen-bond acceptors (Lipinski definition) is 3. The van der Waals surface area contributed by atoms with Gasteiger partial charge < -0.3 is 15.2 Å². The van der Waals surface area contributed by atoms with Gasteiger partial charge in [0.2, 0.25) is 0 Å². The molecule has 1 aliphatic heterocycles. The minimum Gasteiger partial charge on any atom is -0.481 e. The first-order valence-electron chi connectivity index (χ1n) is 6.73. The molecule has 0 aromatic heterocycles. The summed E-state index contributed by atoms with van der Waals surface area (Å²) in [4.78, 5) is 11.3. The highest BCUT2D eigenvalue weighted by Crippen LogP contribution is 2.24. The fourth-order valence-electron chi connectivity index (χ4n) is 2.49. The van der Waals surface area contributed by atoms with Gasteiger partial charge >= 0.3 is 5.97 Å². The predicted octanol–water partition coefficient (Wildman–Crippen LogP) is 2.01. The van der Waals surface area contributed by atoms with Crippen LogP contribution in [0.1, 0.15) is 31.2 Å². The maximum absolute atomic E-state index is 11.3. The van der Waals surface area contributed by atoms with Gasteiger partial charge in [-0.15, -0.1) is 0 Å². The molecule has 0 spiro atoms. The van der Waals surface area contributed by atoms with Crippen LogP contribution >= 0.6 is 0 Å². The van der Waals surface area contributed by atoms with E-state index < -0.39 is 11.9 Å². The van der Waals surface area contributed by atoms with E-state index >= 15 is 0 Å². The van der Waals surface area contributed by atoms with Crippen LogP contribution in [0.2, 0.25) is 0 Å². The fourth-order valence-corrected chi connectivity index (χ4v) is 2.49. The Hall–Kier alpha value is -1.39. The number of carboxylic acids is 1. The summed E-state index contributed by atoms with van der Waals surface area (Å²) in [6.45, 7) is 4.01. The molecule has 2 rings (SSSR count). The molecule has 0 bridgehead atoms. The Balaban J connectivity index is 1.90. The molecule has 1 heterocycles. The third-order valence-corrected chi connectivity index (χ3v) is 3.65. The van der Waals surface area contributed by atoms with Gasteiger partial charge in [0.05, 0.1) is 11.5 Å². The lowest BCUT2D eigenvalue weighted by molar-refractivity contribution is -0.138. The second-order valence-electron chi connectivity index (χ2n) is 5.33. The van der Waals surface area contributed by atoms with Crippen LogP contribution in [0.3, 0.4) is 0 Å². The zero-order valence-electron chi connectivity index (χ0n) is 11.3. The number of aliphatic carboxylic acids is 1. The van der Waals surface area contributed by atoms with Crippen molar-refractivity contribution in [1.82, 2.24) is 5.32 Å². The quantitative estimate of drug-likeness (QED) is 0.824. The second kappa shape index (κ2) is 6.17. The van der Waals surface area contributed by atoms with Gasteiger partial charge in [-0.2, -0.15) is 0 Å². The van der Waals surface area contributed by atoms with Crippen LogP contribution in [0.25, 0.3) is 0 Å². The first-order chi connectivity index (χ1) is 9.11. The second-order valence-corrected chi connectivity index (χ2v) is 5.33. The third-order valence-electron chi connectivity index (χ3n) is 3.65. The molecule has 1 aromatic carbocycles. The molecule has 1 saturated heterocycles. The van der Waals surface area contributed by atoms with Crippen molar-refractivity contribution >= 4 is 5.97 Å². The molecular formula is C15H21NO3. The number of nitrogens with one attached hydrogen (secondary N) is 1. The van der Waals surface area contributed by atoms with Crippen LogP contribution < -0.4 is 5.32 Å². The molecule has 1 fully saturated rings. The maximum atomic E-state index is 11.3. The van der Waals surface area contributed by atoms with Gasteiger partial charge in [-0.1, -0.05) is 30.3 Å².